The van der Waals surface area contributed by atoms with Crippen molar-refractivity contribution in [1.29, 1.82) is 5.26 Å². The summed E-state index contributed by atoms with van der Waals surface area (Å²) in [6.45, 7) is 6.17. The molecule has 0 aliphatic heterocycles. The highest BCUT2D eigenvalue weighted by atomic mass is 16.5. The van der Waals surface area contributed by atoms with Gasteiger partial charge < -0.3 is 4.74 Å². The zero-order valence-electron chi connectivity index (χ0n) is 9.53. The number of hydrogen-bond donors (Lipinski definition) is 1. The molecule has 0 bridgehead atoms. The van der Waals surface area contributed by atoms with Crippen LogP contribution >= 0.6 is 0 Å². The van der Waals surface area contributed by atoms with Crippen LogP contribution in [0.15, 0.2) is 0 Å². The SMILES string of the molecule is COC(c1n[nH]c(CC#N)n1)C(C)(C)C. The molecule has 0 radical (unpaired) electrons. The van der Waals surface area contributed by atoms with E-state index in [1.807, 2.05) is 6.07 Å². The first-order valence-corrected chi connectivity index (χ1v) is 4.80. The minimum Gasteiger partial charge on any atom is -0.373 e. The molecule has 5 nitrogen and oxygen atoms in total. The minimum absolute atomic E-state index is 0.0686. The van der Waals surface area contributed by atoms with E-state index in [4.69, 9.17) is 10.00 Å². The molecule has 1 N–H and O–H groups in total. The maximum atomic E-state index is 8.52. The van der Waals surface area contributed by atoms with Gasteiger partial charge in [-0.2, -0.15) is 10.4 Å². The first-order valence-electron chi connectivity index (χ1n) is 4.80. The Balaban J connectivity index is 2.89. The lowest BCUT2D eigenvalue weighted by molar-refractivity contribution is 0.00889. The van der Waals surface area contributed by atoms with Crippen LogP contribution in [-0.2, 0) is 11.2 Å². The van der Waals surface area contributed by atoms with Gasteiger partial charge in [0.25, 0.3) is 0 Å². The van der Waals surface area contributed by atoms with E-state index in [-0.39, 0.29) is 17.9 Å². The first-order chi connectivity index (χ1) is 6.99. The fourth-order valence-electron chi connectivity index (χ4n) is 1.43. The number of nitrogens with zero attached hydrogens (tertiary/aromatic N) is 3. The van der Waals surface area contributed by atoms with Crippen molar-refractivity contribution < 1.29 is 4.74 Å². The molecule has 0 amide bonds. The molecule has 0 saturated carbocycles. The standard InChI is InChI=1S/C10H16N4O/c1-10(2,3)8(15-4)9-12-7(5-6-11)13-14-9/h8H,5H2,1-4H3,(H,12,13,14). The smallest absolute Gasteiger partial charge is 0.179 e. The Morgan fingerprint density at radius 2 is 2.20 bits per heavy atom. The van der Waals surface area contributed by atoms with E-state index >= 15 is 0 Å². The molecule has 0 aliphatic rings. The number of hydrogen-bond acceptors (Lipinski definition) is 4. The molecule has 1 aromatic heterocycles. The van der Waals surface area contributed by atoms with Crippen molar-refractivity contribution in [2.24, 2.45) is 5.41 Å². The summed E-state index contributed by atoms with van der Waals surface area (Å²) in [5, 5.41) is 15.3. The highest BCUT2D eigenvalue weighted by molar-refractivity contribution is 5.01. The van der Waals surface area contributed by atoms with Crippen LogP contribution in [0.4, 0.5) is 0 Å². The van der Waals surface area contributed by atoms with Gasteiger partial charge in [0, 0.05) is 7.11 Å². The van der Waals surface area contributed by atoms with Crippen molar-refractivity contribution in [3.63, 3.8) is 0 Å². The van der Waals surface area contributed by atoms with Gasteiger partial charge in [0.1, 0.15) is 11.9 Å². The fourth-order valence-corrected chi connectivity index (χ4v) is 1.43. The van der Waals surface area contributed by atoms with E-state index in [0.717, 1.165) is 0 Å². The van der Waals surface area contributed by atoms with Gasteiger partial charge in [-0.25, -0.2) is 4.98 Å². The molecule has 0 aromatic carbocycles. The summed E-state index contributed by atoms with van der Waals surface area (Å²) in [6.07, 6.45) is 0.0781. The number of ether oxygens (including phenoxy) is 1. The van der Waals surface area contributed by atoms with Crippen LogP contribution in [0.1, 0.15) is 38.5 Å². The number of rotatable bonds is 3. The third-order valence-electron chi connectivity index (χ3n) is 2.05. The van der Waals surface area contributed by atoms with Crippen LogP contribution in [0, 0.1) is 16.7 Å². The number of H-pyrrole nitrogens is 1. The molecule has 15 heavy (non-hydrogen) atoms. The van der Waals surface area contributed by atoms with Crippen molar-refractivity contribution in [2.45, 2.75) is 33.3 Å². The van der Waals surface area contributed by atoms with Gasteiger partial charge in [0.05, 0.1) is 12.5 Å². The largest absolute Gasteiger partial charge is 0.373 e. The highest BCUT2D eigenvalue weighted by Gasteiger charge is 2.29. The second-order valence-electron chi connectivity index (χ2n) is 4.46. The number of aromatic nitrogens is 3. The lowest BCUT2D eigenvalue weighted by Gasteiger charge is -2.26. The van der Waals surface area contributed by atoms with Gasteiger partial charge in [0.2, 0.25) is 0 Å². The predicted octanol–water partition coefficient (Wildman–Crippen LogP) is 1.60. The molecular weight excluding hydrogens is 192 g/mol. The number of nitrogens with one attached hydrogen (secondary N) is 1. The Bertz CT molecular complexity index is 358. The Morgan fingerprint density at radius 3 is 2.67 bits per heavy atom. The average molecular weight is 208 g/mol. The van der Waals surface area contributed by atoms with Crippen molar-refractivity contribution in [1.82, 2.24) is 15.2 Å². The minimum atomic E-state index is -0.166. The van der Waals surface area contributed by atoms with E-state index in [1.165, 1.54) is 0 Å². The second kappa shape index (κ2) is 4.41. The third kappa shape index (κ3) is 2.77. The normalized spacial score (nSPS) is 13.5. The first kappa shape index (κ1) is 11.7. The Morgan fingerprint density at radius 1 is 1.53 bits per heavy atom. The van der Waals surface area contributed by atoms with Crippen molar-refractivity contribution in [3.8, 4) is 6.07 Å². The molecule has 0 saturated heterocycles. The third-order valence-corrected chi connectivity index (χ3v) is 2.05. The van der Waals surface area contributed by atoms with Crippen LogP contribution in [-0.4, -0.2) is 22.3 Å². The van der Waals surface area contributed by atoms with Crippen LogP contribution in [0.3, 0.4) is 0 Å². The van der Waals surface area contributed by atoms with Gasteiger partial charge in [-0.15, -0.1) is 0 Å². The van der Waals surface area contributed by atoms with Crippen LogP contribution in [0.5, 0.6) is 0 Å². The summed E-state index contributed by atoms with van der Waals surface area (Å²) in [6, 6.07) is 2.02. The molecule has 1 aromatic rings. The average Bonchev–Trinajstić information content (AvgIpc) is 2.52. The van der Waals surface area contributed by atoms with Crippen molar-refractivity contribution >= 4 is 0 Å². The fraction of sp³-hybridized carbons (Fsp3) is 0.700. The molecular formula is C10H16N4O. The van der Waals surface area contributed by atoms with Crippen LogP contribution in [0.2, 0.25) is 0 Å². The molecule has 82 valence electrons. The summed E-state index contributed by atoms with van der Waals surface area (Å²) >= 11 is 0. The molecule has 1 unspecified atom stereocenters. The molecule has 1 atom stereocenters. The molecule has 1 rings (SSSR count). The topological polar surface area (TPSA) is 74.6 Å². The number of nitriles is 1. The Kier molecular flexibility index (Phi) is 3.43. The number of aromatic amines is 1. The summed E-state index contributed by atoms with van der Waals surface area (Å²) in [5.41, 5.74) is -0.0686. The maximum absolute atomic E-state index is 8.52. The van der Waals surface area contributed by atoms with E-state index in [9.17, 15) is 0 Å². The van der Waals surface area contributed by atoms with E-state index in [0.29, 0.717) is 11.6 Å². The predicted molar refractivity (Wildman–Crippen MR) is 54.9 cm³/mol. The van der Waals surface area contributed by atoms with Crippen molar-refractivity contribution in [3.05, 3.63) is 11.6 Å². The molecule has 1 heterocycles. The maximum Gasteiger partial charge on any atom is 0.179 e. The van der Waals surface area contributed by atoms with Crippen molar-refractivity contribution in [2.75, 3.05) is 7.11 Å². The highest BCUT2D eigenvalue weighted by Crippen LogP contribution is 2.33. The van der Waals surface area contributed by atoms with E-state index < -0.39 is 0 Å². The summed E-state index contributed by atoms with van der Waals surface area (Å²) in [7, 11) is 1.64. The molecule has 0 fully saturated rings. The van der Waals surface area contributed by atoms with Gasteiger partial charge in [-0.3, -0.25) is 5.10 Å². The lowest BCUT2D eigenvalue weighted by atomic mass is 9.88. The van der Waals surface area contributed by atoms with Gasteiger partial charge in [-0.05, 0) is 5.41 Å². The molecule has 0 aliphatic carbocycles. The lowest BCUT2D eigenvalue weighted by Crippen LogP contribution is -2.21. The zero-order valence-corrected chi connectivity index (χ0v) is 9.53. The van der Waals surface area contributed by atoms with Gasteiger partial charge in [0.15, 0.2) is 5.82 Å². The van der Waals surface area contributed by atoms with E-state index in [1.54, 1.807) is 7.11 Å². The Labute approximate surface area is 89.5 Å². The quantitative estimate of drug-likeness (QED) is 0.818. The number of methoxy groups -OCH3 is 1. The van der Waals surface area contributed by atoms with Crippen LogP contribution < -0.4 is 0 Å². The molecule has 0 spiro atoms. The molecule has 5 heteroatoms. The Hall–Kier alpha value is -1.41. The monoisotopic (exact) mass is 208 g/mol. The summed E-state index contributed by atoms with van der Waals surface area (Å²) < 4.78 is 5.36. The summed E-state index contributed by atoms with van der Waals surface area (Å²) in [5.74, 6) is 1.19. The van der Waals surface area contributed by atoms with E-state index in [2.05, 4.69) is 36.0 Å². The zero-order chi connectivity index (χ0) is 11.5. The summed E-state index contributed by atoms with van der Waals surface area (Å²) in [4.78, 5) is 4.22. The second-order valence-corrected chi connectivity index (χ2v) is 4.46. The van der Waals surface area contributed by atoms with Gasteiger partial charge >= 0.3 is 0 Å². The van der Waals surface area contributed by atoms with Crippen LogP contribution in [0.25, 0.3) is 0 Å². The van der Waals surface area contributed by atoms with Gasteiger partial charge in [-0.1, -0.05) is 20.8 Å².